The van der Waals surface area contributed by atoms with E-state index in [9.17, 15) is 0 Å². The molecule has 0 atom stereocenters. The van der Waals surface area contributed by atoms with Crippen LogP contribution in [0.15, 0.2) is 0 Å². The van der Waals surface area contributed by atoms with Crippen molar-refractivity contribution in [2.75, 3.05) is 60.4 Å². The quantitative estimate of drug-likeness (QED) is 0.512. The number of nitrogens with zero attached hydrogens (tertiary/aromatic N) is 4. The Labute approximate surface area is 125 Å². The Morgan fingerprint density at radius 3 is 2.57 bits per heavy atom. The first kappa shape index (κ1) is 15.6. The van der Waals surface area contributed by atoms with Crippen LogP contribution < -0.4 is 26.8 Å². The number of nitrogen functional groups attached to an aromatic ring is 2. The van der Waals surface area contributed by atoms with Crippen molar-refractivity contribution in [2.45, 2.75) is 20.3 Å². The van der Waals surface area contributed by atoms with Gasteiger partial charge in [0.25, 0.3) is 0 Å². The van der Waals surface area contributed by atoms with Gasteiger partial charge in [0.05, 0.1) is 13.2 Å². The molecule has 1 aliphatic rings. The van der Waals surface area contributed by atoms with E-state index in [4.69, 9.17) is 16.3 Å². The first-order valence-corrected chi connectivity index (χ1v) is 7.43. The predicted molar refractivity (Wildman–Crippen MR) is 85.5 cm³/mol. The topological polar surface area (TPSA) is 106 Å². The molecule has 5 N–H and O–H groups in total. The number of hydrazine groups is 1. The Kier molecular flexibility index (Phi) is 5.40. The SMILES string of the molecule is CCCN(CC)c1nc(NN)nc(N2CCOCC2)c1N. The maximum Gasteiger partial charge on any atom is 0.241 e. The molecule has 0 aliphatic carbocycles. The lowest BCUT2D eigenvalue weighted by Crippen LogP contribution is -2.38. The second-order valence-corrected chi connectivity index (χ2v) is 4.93. The average molecular weight is 295 g/mol. The molecule has 118 valence electrons. The lowest BCUT2D eigenvalue weighted by atomic mass is 10.3. The van der Waals surface area contributed by atoms with Gasteiger partial charge in [0, 0.05) is 26.2 Å². The van der Waals surface area contributed by atoms with E-state index >= 15 is 0 Å². The van der Waals surface area contributed by atoms with Gasteiger partial charge in [-0.05, 0) is 13.3 Å². The molecule has 0 aromatic carbocycles. The van der Waals surface area contributed by atoms with Crippen molar-refractivity contribution in [3.8, 4) is 0 Å². The van der Waals surface area contributed by atoms with E-state index in [2.05, 4.69) is 39.0 Å². The maximum atomic E-state index is 6.33. The highest BCUT2D eigenvalue weighted by atomic mass is 16.5. The summed E-state index contributed by atoms with van der Waals surface area (Å²) >= 11 is 0. The van der Waals surface area contributed by atoms with Crippen molar-refractivity contribution in [1.82, 2.24) is 9.97 Å². The Morgan fingerprint density at radius 1 is 1.29 bits per heavy atom. The molecular weight excluding hydrogens is 270 g/mol. The molecule has 2 rings (SSSR count). The van der Waals surface area contributed by atoms with E-state index in [1.165, 1.54) is 0 Å². The molecule has 8 heteroatoms. The van der Waals surface area contributed by atoms with Crippen LogP contribution in [0.25, 0.3) is 0 Å². The fourth-order valence-corrected chi connectivity index (χ4v) is 2.45. The number of morpholine rings is 1. The summed E-state index contributed by atoms with van der Waals surface area (Å²) in [7, 11) is 0. The summed E-state index contributed by atoms with van der Waals surface area (Å²) in [4.78, 5) is 13.1. The molecule has 0 spiro atoms. The maximum absolute atomic E-state index is 6.33. The number of hydrogen-bond donors (Lipinski definition) is 3. The molecule has 0 radical (unpaired) electrons. The zero-order valence-electron chi connectivity index (χ0n) is 12.8. The number of nitrogens with two attached hydrogens (primary N) is 2. The fourth-order valence-electron chi connectivity index (χ4n) is 2.45. The first-order chi connectivity index (χ1) is 10.2. The van der Waals surface area contributed by atoms with Crippen molar-refractivity contribution in [2.24, 2.45) is 5.84 Å². The normalized spacial score (nSPS) is 15.1. The van der Waals surface area contributed by atoms with E-state index in [1.807, 2.05) is 0 Å². The van der Waals surface area contributed by atoms with E-state index in [0.29, 0.717) is 24.8 Å². The lowest BCUT2D eigenvalue weighted by molar-refractivity contribution is 0.122. The smallest absolute Gasteiger partial charge is 0.241 e. The first-order valence-electron chi connectivity index (χ1n) is 7.43. The van der Waals surface area contributed by atoms with E-state index in [0.717, 1.165) is 44.2 Å². The summed E-state index contributed by atoms with van der Waals surface area (Å²) in [5.41, 5.74) is 9.46. The highest BCUT2D eigenvalue weighted by Gasteiger charge is 2.21. The summed E-state index contributed by atoms with van der Waals surface area (Å²) < 4.78 is 5.38. The van der Waals surface area contributed by atoms with Crippen LogP contribution in [0.5, 0.6) is 0 Å². The van der Waals surface area contributed by atoms with Crippen LogP contribution in [0, 0.1) is 0 Å². The Balaban J connectivity index is 2.39. The number of ether oxygens (including phenoxy) is 1. The van der Waals surface area contributed by atoms with Gasteiger partial charge in [0.1, 0.15) is 5.69 Å². The molecule has 0 amide bonds. The minimum Gasteiger partial charge on any atom is -0.393 e. The summed E-state index contributed by atoms with van der Waals surface area (Å²) in [6, 6.07) is 0. The van der Waals surface area contributed by atoms with Crippen LogP contribution in [0.1, 0.15) is 20.3 Å². The zero-order valence-corrected chi connectivity index (χ0v) is 12.8. The number of anilines is 4. The van der Waals surface area contributed by atoms with Crippen molar-refractivity contribution in [3.63, 3.8) is 0 Å². The van der Waals surface area contributed by atoms with Crippen LogP contribution >= 0.6 is 0 Å². The van der Waals surface area contributed by atoms with Crippen LogP contribution in [-0.4, -0.2) is 49.4 Å². The summed E-state index contributed by atoms with van der Waals surface area (Å²) in [6.07, 6.45) is 1.02. The van der Waals surface area contributed by atoms with E-state index < -0.39 is 0 Å². The number of nitrogens with one attached hydrogen (secondary N) is 1. The molecule has 0 bridgehead atoms. The van der Waals surface area contributed by atoms with Crippen LogP contribution in [0.2, 0.25) is 0 Å². The van der Waals surface area contributed by atoms with Gasteiger partial charge in [-0.3, -0.25) is 5.43 Å². The third kappa shape index (κ3) is 3.45. The van der Waals surface area contributed by atoms with Gasteiger partial charge < -0.3 is 20.3 Å². The standard InChI is InChI=1S/C13H25N7O/c1-3-5-19(4-2)11-10(14)12(17-13(16-11)18-15)20-6-8-21-9-7-20/h3-9,14-15H2,1-2H3,(H,16,17,18). The van der Waals surface area contributed by atoms with E-state index in [1.54, 1.807) is 0 Å². The molecule has 2 heterocycles. The van der Waals surface area contributed by atoms with E-state index in [-0.39, 0.29) is 0 Å². The monoisotopic (exact) mass is 295 g/mol. The molecule has 1 saturated heterocycles. The highest BCUT2D eigenvalue weighted by Crippen LogP contribution is 2.31. The second kappa shape index (κ2) is 7.28. The molecule has 1 fully saturated rings. The molecule has 21 heavy (non-hydrogen) atoms. The summed E-state index contributed by atoms with van der Waals surface area (Å²) in [5.74, 6) is 7.36. The third-order valence-corrected chi connectivity index (χ3v) is 3.52. The van der Waals surface area contributed by atoms with Crippen molar-refractivity contribution in [1.29, 1.82) is 0 Å². The fraction of sp³-hybridized carbons (Fsp3) is 0.692. The van der Waals surface area contributed by atoms with Gasteiger partial charge in [-0.25, -0.2) is 5.84 Å². The molecule has 0 unspecified atom stereocenters. The lowest BCUT2D eigenvalue weighted by Gasteiger charge is -2.31. The molecular formula is C13H25N7O. The summed E-state index contributed by atoms with van der Waals surface area (Å²) in [5, 5.41) is 0. The number of aromatic nitrogens is 2. The van der Waals surface area contributed by atoms with Crippen molar-refractivity contribution >= 4 is 23.3 Å². The van der Waals surface area contributed by atoms with Gasteiger partial charge in [-0.2, -0.15) is 9.97 Å². The molecule has 0 saturated carbocycles. The number of rotatable bonds is 6. The molecule has 8 nitrogen and oxygen atoms in total. The minimum atomic E-state index is 0.384. The van der Waals surface area contributed by atoms with Crippen molar-refractivity contribution < 1.29 is 4.74 Å². The Hall–Kier alpha value is -1.80. The summed E-state index contributed by atoms with van der Waals surface area (Å²) in [6.45, 7) is 8.83. The predicted octanol–water partition coefficient (Wildman–Crippen LogP) is 0.417. The van der Waals surface area contributed by atoms with Crippen molar-refractivity contribution in [3.05, 3.63) is 0 Å². The van der Waals surface area contributed by atoms with Gasteiger partial charge in [0.15, 0.2) is 11.6 Å². The molecule has 1 aromatic heterocycles. The van der Waals surface area contributed by atoms with Gasteiger partial charge in [-0.15, -0.1) is 0 Å². The molecule has 1 aliphatic heterocycles. The minimum absolute atomic E-state index is 0.384. The van der Waals surface area contributed by atoms with Gasteiger partial charge in [-0.1, -0.05) is 6.92 Å². The molecule has 1 aromatic rings. The largest absolute Gasteiger partial charge is 0.393 e. The highest BCUT2D eigenvalue weighted by molar-refractivity contribution is 5.77. The van der Waals surface area contributed by atoms with Gasteiger partial charge in [0.2, 0.25) is 5.95 Å². The van der Waals surface area contributed by atoms with Crippen LogP contribution in [-0.2, 0) is 4.74 Å². The second-order valence-electron chi connectivity index (χ2n) is 4.93. The van der Waals surface area contributed by atoms with Crippen LogP contribution in [0.4, 0.5) is 23.3 Å². The average Bonchev–Trinajstić information content (AvgIpc) is 2.54. The third-order valence-electron chi connectivity index (χ3n) is 3.52. The Morgan fingerprint density at radius 2 is 2.00 bits per heavy atom. The Bertz CT molecular complexity index is 436. The van der Waals surface area contributed by atoms with Gasteiger partial charge >= 0.3 is 0 Å². The number of hydrogen-bond acceptors (Lipinski definition) is 8. The zero-order chi connectivity index (χ0) is 15.2. The van der Waals surface area contributed by atoms with Crippen LogP contribution in [0.3, 0.4) is 0 Å².